The number of aromatic nitrogens is 1. The van der Waals surface area contributed by atoms with Gasteiger partial charge >= 0.3 is 12.0 Å². The Morgan fingerprint density at radius 2 is 1.79 bits per heavy atom. The molecule has 1 saturated heterocycles. The third-order valence-electron chi connectivity index (χ3n) is 5.12. The van der Waals surface area contributed by atoms with Gasteiger partial charge in [0.2, 0.25) is 5.91 Å². The van der Waals surface area contributed by atoms with Gasteiger partial charge in [-0.2, -0.15) is 0 Å². The third kappa shape index (κ3) is 4.75. The zero-order valence-corrected chi connectivity index (χ0v) is 18.4. The zero-order chi connectivity index (χ0) is 23.4. The van der Waals surface area contributed by atoms with Crippen molar-refractivity contribution < 1.29 is 23.9 Å². The van der Waals surface area contributed by atoms with Crippen molar-refractivity contribution in [2.24, 2.45) is 0 Å². The van der Waals surface area contributed by atoms with E-state index in [1.807, 2.05) is 36.4 Å². The lowest BCUT2D eigenvalue weighted by molar-refractivity contribution is -0.134. The highest BCUT2D eigenvalue weighted by molar-refractivity contribution is 7.14. The maximum absolute atomic E-state index is 13.3. The van der Waals surface area contributed by atoms with Crippen molar-refractivity contribution in [1.29, 1.82) is 0 Å². The van der Waals surface area contributed by atoms with E-state index < -0.39 is 35.9 Å². The number of nitrogens with zero attached hydrogens (tertiary/aromatic N) is 2. The van der Waals surface area contributed by atoms with Crippen molar-refractivity contribution in [3.8, 4) is 0 Å². The summed E-state index contributed by atoms with van der Waals surface area (Å²) in [6.07, 6.45) is 0.114. The molecule has 4 rings (SSSR count). The van der Waals surface area contributed by atoms with E-state index in [4.69, 9.17) is 0 Å². The molecule has 1 fully saturated rings. The quantitative estimate of drug-likeness (QED) is 0.410. The summed E-state index contributed by atoms with van der Waals surface area (Å²) < 4.78 is 4.63. The standard InChI is InChI=1S/C23H20N4O5S/c1-32-21(30)16-13-33-22(24-16)26-19(28)17(12-14-8-4-2-5-9-14)27-20(29)18(25-23(27)31)15-10-6-3-7-11-15/h2-11,13,17-18H,12H2,1H3,(H,25,31)(H,24,26,28)/t17-,18-/m0/s1. The number of hydrogen-bond donors (Lipinski definition) is 2. The van der Waals surface area contributed by atoms with Crippen molar-refractivity contribution in [1.82, 2.24) is 15.2 Å². The predicted molar refractivity (Wildman–Crippen MR) is 121 cm³/mol. The first-order valence-electron chi connectivity index (χ1n) is 10.0. The number of thiazole rings is 1. The molecule has 168 valence electrons. The average Bonchev–Trinajstić information content (AvgIpc) is 3.42. The number of hydrogen-bond acceptors (Lipinski definition) is 7. The maximum atomic E-state index is 13.3. The summed E-state index contributed by atoms with van der Waals surface area (Å²) in [5.74, 6) is -1.74. The minimum absolute atomic E-state index is 0.0524. The van der Waals surface area contributed by atoms with Crippen LogP contribution in [-0.4, -0.2) is 46.9 Å². The number of carbonyl (C=O) groups excluding carboxylic acids is 4. The van der Waals surface area contributed by atoms with Gasteiger partial charge in [-0.25, -0.2) is 19.5 Å². The molecule has 0 unspecified atom stereocenters. The molecule has 0 saturated carbocycles. The molecule has 0 bridgehead atoms. The molecule has 2 N–H and O–H groups in total. The molecule has 3 aromatic rings. The molecule has 0 radical (unpaired) electrons. The monoisotopic (exact) mass is 464 g/mol. The number of urea groups is 1. The lowest BCUT2D eigenvalue weighted by Crippen LogP contribution is -2.49. The molecule has 4 amide bonds. The molecule has 2 aromatic carbocycles. The zero-order valence-electron chi connectivity index (χ0n) is 17.6. The lowest BCUT2D eigenvalue weighted by Gasteiger charge is -2.24. The number of anilines is 1. The van der Waals surface area contributed by atoms with Gasteiger partial charge in [-0.3, -0.25) is 9.59 Å². The van der Waals surface area contributed by atoms with Crippen LogP contribution in [0.3, 0.4) is 0 Å². The normalized spacial score (nSPS) is 16.3. The minimum atomic E-state index is -1.13. The summed E-state index contributed by atoms with van der Waals surface area (Å²) in [6, 6.07) is 15.3. The highest BCUT2D eigenvalue weighted by Gasteiger charge is 2.45. The van der Waals surface area contributed by atoms with Crippen molar-refractivity contribution in [3.05, 3.63) is 82.9 Å². The van der Waals surface area contributed by atoms with Gasteiger partial charge in [0.1, 0.15) is 12.1 Å². The summed E-state index contributed by atoms with van der Waals surface area (Å²) >= 11 is 1.04. The second kappa shape index (κ2) is 9.61. The van der Waals surface area contributed by atoms with Crippen LogP contribution >= 0.6 is 11.3 Å². The highest BCUT2D eigenvalue weighted by Crippen LogP contribution is 2.26. The van der Waals surface area contributed by atoms with E-state index in [9.17, 15) is 19.2 Å². The van der Waals surface area contributed by atoms with Crippen LogP contribution in [0, 0.1) is 0 Å². The smallest absolute Gasteiger partial charge is 0.357 e. The van der Waals surface area contributed by atoms with Gasteiger partial charge in [-0.1, -0.05) is 60.7 Å². The first-order chi connectivity index (χ1) is 16.0. The van der Waals surface area contributed by atoms with E-state index in [0.717, 1.165) is 21.8 Å². The van der Waals surface area contributed by atoms with Crippen molar-refractivity contribution in [3.63, 3.8) is 0 Å². The van der Waals surface area contributed by atoms with Gasteiger partial charge in [0, 0.05) is 11.8 Å². The molecule has 0 aliphatic carbocycles. The van der Waals surface area contributed by atoms with Crippen molar-refractivity contribution in [2.75, 3.05) is 12.4 Å². The van der Waals surface area contributed by atoms with Gasteiger partial charge in [0.25, 0.3) is 5.91 Å². The second-order valence-corrected chi connectivity index (χ2v) is 8.08. The van der Waals surface area contributed by atoms with Crippen molar-refractivity contribution >= 4 is 40.3 Å². The van der Waals surface area contributed by atoms with Crippen LogP contribution in [0.2, 0.25) is 0 Å². The fourth-order valence-corrected chi connectivity index (χ4v) is 4.20. The Kier molecular flexibility index (Phi) is 6.45. The summed E-state index contributed by atoms with van der Waals surface area (Å²) in [5.41, 5.74) is 1.45. The molecule has 1 aliphatic rings. The Bertz CT molecular complexity index is 1180. The number of carbonyl (C=O) groups is 4. The van der Waals surface area contributed by atoms with E-state index in [-0.39, 0.29) is 17.2 Å². The second-order valence-electron chi connectivity index (χ2n) is 7.23. The first kappa shape index (κ1) is 22.2. The maximum Gasteiger partial charge on any atom is 0.357 e. The predicted octanol–water partition coefficient (Wildman–Crippen LogP) is 2.77. The molecule has 0 spiro atoms. The number of imide groups is 1. The summed E-state index contributed by atoms with van der Waals surface area (Å²) in [6.45, 7) is 0. The van der Waals surface area contributed by atoms with Crippen LogP contribution in [0.5, 0.6) is 0 Å². The van der Waals surface area contributed by atoms with Gasteiger partial charge in [-0.15, -0.1) is 11.3 Å². The number of benzene rings is 2. The Balaban J connectivity index is 1.61. The van der Waals surface area contributed by atoms with Crippen LogP contribution < -0.4 is 10.6 Å². The van der Waals surface area contributed by atoms with Crippen LogP contribution in [0.15, 0.2) is 66.0 Å². The molecular formula is C23H20N4O5S. The summed E-state index contributed by atoms with van der Waals surface area (Å²) in [4.78, 5) is 56.0. The Hall–Kier alpha value is -4.05. The van der Waals surface area contributed by atoms with Crippen LogP contribution in [0.1, 0.15) is 27.7 Å². The Morgan fingerprint density at radius 3 is 2.45 bits per heavy atom. The molecular weight excluding hydrogens is 444 g/mol. The van der Waals surface area contributed by atoms with Crippen LogP contribution in [-0.2, 0) is 20.7 Å². The number of amides is 4. The number of nitrogens with one attached hydrogen (secondary N) is 2. The lowest BCUT2D eigenvalue weighted by atomic mass is 10.0. The molecule has 9 nitrogen and oxygen atoms in total. The number of ether oxygens (including phenoxy) is 1. The van der Waals surface area contributed by atoms with Gasteiger partial charge in [-0.05, 0) is 11.1 Å². The van der Waals surface area contributed by atoms with E-state index in [1.165, 1.54) is 12.5 Å². The number of esters is 1. The van der Waals surface area contributed by atoms with E-state index in [2.05, 4.69) is 20.4 Å². The van der Waals surface area contributed by atoms with Crippen LogP contribution in [0.25, 0.3) is 0 Å². The summed E-state index contributed by atoms with van der Waals surface area (Å²) in [5, 5.41) is 6.89. The Morgan fingerprint density at radius 1 is 1.12 bits per heavy atom. The van der Waals surface area contributed by atoms with Gasteiger partial charge in [0.15, 0.2) is 10.8 Å². The molecule has 1 aromatic heterocycles. The highest BCUT2D eigenvalue weighted by atomic mass is 32.1. The fourth-order valence-electron chi connectivity index (χ4n) is 3.52. The Labute approximate surface area is 193 Å². The SMILES string of the molecule is COC(=O)c1csc(NC(=O)[C@H](Cc2ccccc2)N2C(=O)N[C@@H](c3ccccc3)C2=O)n1. The largest absolute Gasteiger partial charge is 0.464 e. The van der Waals surface area contributed by atoms with E-state index >= 15 is 0 Å². The molecule has 10 heteroatoms. The molecule has 1 aliphatic heterocycles. The van der Waals surface area contributed by atoms with Gasteiger partial charge < -0.3 is 15.4 Å². The van der Waals surface area contributed by atoms with E-state index in [1.54, 1.807) is 24.3 Å². The minimum Gasteiger partial charge on any atom is -0.464 e. The number of methoxy groups -OCH3 is 1. The first-order valence-corrected chi connectivity index (χ1v) is 10.9. The fraction of sp³-hybridized carbons (Fsp3) is 0.174. The third-order valence-corrected chi connectivity index (χ3v) is 5.88. The number of rotatable bonds is 7. The molecule has 33 heavy (non-hydrogen) atoms. The van der Waals surface area contributed by atoms with Crippen LogP contribution in [0.4, 0.5) is 9.93 Å². The molecule has 2 atom stereocenters. The molecule has 2 heterocycles. The average molecular weight is 465 g/mol. The topological polar surface area (TPSA) is 118 Å². The summed E-state index contributed by atoms with van der Waals surface area (Å²) in [7, 11) is 1.23. The van der Waals surface area contributed by atoms with Crippen molar-refractivity contribution in [2.45, 2.75) is 18.5 Å². The van der Waals surface area contributed by atoms with E-state index in [0.29, 0.717) is 5.56 Å². The van der Waals surface area contributed by atoms with Gasteiger partial charge in [0.05, 0.1) is 7.11 Å².